The molecule has 0 saturated heterocycles. The van der Waals surface area contributed by atoms with Gasteiger partial charge in [-0.1, -0.05) is 24.3 Å². The Morgan fingerprint density at radius 1 is 1.21 bits per heavy atom. The minimum Gasteiger partial charge on any atom is -0.383 e. The van der Waals surface area contributed by atoms with Gasteiger partial charge in [-0.05, 0) is 25.1 Å². The van der Waals surface area contributed by atoms with Gasteiger partial charge in [0.1, 0.15) is 0 Å². The van der Waals surface area contributed by atoms with Crippen molar-refractivity contribution in [3.63, 3.8) is 0 Å². The number of nitrogens with one attached hydrogen (secondary N) is 2. The third kappa shape index (κ3) is 6.15. The second-order valence-corrected chi connectivity index (χ2v) is 6.33. The summed E-state index contributed by atoms with van der Waals surface area (Å²) in [6.45, 7) is 2.91. The molecule has 0 saturated carbocycles. The summed E-state index contributed by atoms with van der Waals surface area (Å²) in [4.78, 5) is 0. The topological polar surface area (TPSA) is 67.4 Å². The minimum absolute atomic E-state index is 0.0130. The molecule has 0 aliphatic rings. The zero-order chi connectivity index (χ0) is 14.3. The predicted molar refractivity (Wildman–Crippen MR) is 76.3 cm³/mol. The van der Waals surface area contributed by atoms with Crippen molar-refractivity contribution in [2.24, 2.45) is 0 Å². The number of hydrogen-bond donors (Lipinski definition) is 2. The first-order chi connectivity index (χ1) is 8.96. The van der Waals surface area contributed by atoms with E-state index in [1.807, 2.05) is 31.3 Å². The van der Waals surface area contributed by atoms with Crippen LogP contribution in [0.4, 0.5) is 0 Å². The van der Waals surface area contributed by atoms with E-state index >= 15 is 0 Å². The lowest BCUT2D eigenvalue weighted by atomic mass is 10.1. The molecule has 0 amide bonds. The quantitative estimate of drug-likeness (QED) is 0.744. The molecule has 0 radical (unpaired) electrons. The summed E-state index contributed by atoms with van der Waals surface area (Å²) in [5, 5.41) is 3.05. The number of rotatable bonds is 8. The molecule has 19 heavy (non-hydrogen) atoms. The van der Waals surface area contributed by atoms with Crippen LogP contribution in [0.1, 0.15) is 18.1 Å². The number of hydrogen-bond acceptors (Lipinski definition) is 4. The molecule has 1 atom stereocenters. The molecular weight excluding hydrogens is 264 g/mol. The van der Waals surface area contributed by atoms with Crippen LogP contribution >= 0.6 is 0 Å². The Hall–Kier alpha value is -0.950. The molecule has 1 rings (SSSR count). The van der Waals surface area contributed by atoms with Crippen LogP contribution in [0, 0.1) is 0 Å². The van der Waals surface area contributed by atoms with E-state index in [0.29, 0.717) is 6.61 Å². The molecule has 0 aromatic heterocycles. The van der Waals surface area contributed by atoms with Gasteiger partial charge >= 0.3 is 0 Å². The van der Waals surface area contributed by atoms with Crippen LogP contribution in [0.2, 0.25) is 0 Å². The summed E-state index contributed by atoms with van der Waals surface area (Å²) >= 11 is 0. The Morgan fingerprint density at radius 3 is 2.32 bits per heavy atom. The van der Waals surface area contributed by atoms with Crippen LogP contribution in [-0.2, 0) is 27.1 Å². The van der Waals surface area contributed by atoms with Crippen LogP contribution in [0.25, 0.3) is 0 Å². The molecule has 5 nitrogen and oxygen atoms in total. The highest BCUT2D eigenvalue weighted by Gasteiger charge is 2.15. The fourth-order valence-corrected chi connectivity index (χ4v) is 3.20. The molecule has 1 unspecified atom stereocenters. The zero-order valence-electron chi connectivity index (χ0n) is 11.6. The van der Waals surface area contributed by atoms with Crippen molar-refractivity contribution >= 4 is 10.0 Å². The van der Waals surface area contributed by atoms with Gasteiger partial charge in [0.05, 0.1) is 12.4 Å². The standard InChI is InChI=1S/C13H22N2O3S/c1-11(9-18-3)15-19(16,17)10-13-6-4-12(5-7-13)8-14-2/h4-7,11,14-15H,8-10H2,1-3H3. The van der Waals surface area contributed by atoms with Gasteiger partial charge in [0.15, 0.2) is 0 Å². The fraction of sp³-hybridized carbons (Fsp3) is 0.538. The van der Waals surface area contributed by atoms with Gasteiger partial charge < -0.3 is 10.1 Å². The smallest absolute Gasteiger partial charge is 0.216 e. The van der Waals surface area contributed by atoms with Crippen LogP contribution in [0.5, 0.6) is 0 Å². The average Bonchev–Trinajstić information content (AvgIpc) is 2.31. The highest BCUT2D eigenvalue weighted by Crippen LogP contribution is 2.08. The highest BCUT2D eigenvalue weighted by molar-refractivity contribution is 7.88. The van der Waals surface area contributed by atoms with Gasteiger partial charge in [-0.25, -0.2) is 13.1 Å². The van der Waals surface area contributed by atoms with Crippen molar-refractivity contribution in [2.45, 2.75) is 25.3 Å². The van der Waals surface area contributed by atoms with Gasteiger partial charge in [-0.15, -0.1) is 0 Å². The van der Waals surface area contributed by atoms with E-state index < -0.39 is 10.0 Å². The molecule has 0 spiro atoms. The third-order valence-electron chi connectivity index (χ3n) is 2.56. The molecule has 0 fully saturated rings. The lowest BCUT2D eigenvalue weighted by Crippen LogP contribution is -2.36. The lowest BCUT2D eigenvalue weighted by Gasteiger charge is -2.13. The zero-order valence-corrected chi connectivity index (χ0v) is 12.5. The maximum absolute atomic E-state index is 11.9. The second kappa shape index (κ2) is 7.59. The van der Waals surface area contributed by atoms with E-state index in [9.17, 15) is 8.42 Å². The monoisotopic (exact) mass is 286 g/mol. The van der Waals surface area contributed by atoms with Gasteiger partial charge in [0.25, 0.3) is 0 Å². The average molecular weight is 286 g/mol. The SMILES string of the molecule is CNCc1ccc(CS(=O)(=O)NC(C)COC)cc1. The molecule has 1 aromatic carbocycles. The Bertz CT molecular complexity index is 471. The van der Waals surface area contributed by atoms with Crippen molar-refractivity contribution in [3.05, 3.63) is 35.4 Å². The van der Waals surface area contributed by atoms with Crippen molar-refractivity contribution < 1.29 is 13.2 Å². The normalized spacial score (nSPS) is 13.4. The maximum Gasteiger partial charge on any atom is 0.216 e. The first-order valence-corrected chi connectivity index (χ1v) is 7.83. The van der Waals surface area contributed by atoms with Crippen molar-refractivity contribution in [1.29, 1.82) is 0 Å². The third-order valence-corrected chi connectivity index (χ3v) is 4.03. The highest BCUT2D eigenvalue weighted by atomic mass is 32.2. The van der Waals surface area contributed by atoms with Gasteiger partial charge in [0, 0.05) is 19.7 Å². The van der Waals surface area contributed by atoms with E-state index in [1.54, 1.807) is 14.0 Å². The maximum atomic E-state index is 11.9. The summed E-state index contributed by atoms with van der Waals surface area (Å²) in [6.07, 6.45) is 0. The molecule has 108 valence electrons. The molecule has 0 bridgehead atoms. The summed E-state index contributed by atoms with van der Waals surface area (Å²) in [7, 11) is 0.0946. The largest absolute Gasteiger partial charge is 0.383 e. The number of methoxy groups -OCH3 is 1. The number of benzene rings is 1. The van der Waals surface area contributed by atoms with Crippen LogP contribution in [0.3, 0.4) is 0 Å². The molecule has 0 aliphatic carbocycles. The molecule has 2 N–H and O–H groups in total. The second-order valence-electron chi connectivity index (χ2n) is 4.58. The first-order valence-electron chi connectivity index (χ1n) is 6.18. The summed E-state index contributed by atoms with van der Waals surface area (Å²) in [5.74, 6) is -0.0130. The summed E-state index contributed by atoms with van der Waals surface area (Å²) in [6, 6.07) is 7.32. The van der Waals surface area contributed by atoms with Crippen molar-refractivity contribution in [3.8, 4) is 0 Å². The van der Waals surface area contributed by atoms with Crippen molar-refractivity contribution in [2.75, 3.05) is 20.8 Å². The molecular formula is C13H22N2O3S. The number of sulfonamides is 1. The number of ether oxygens (including phenoxy) is 1. The molecule has 0 aliphatic heterocycles. The fourth-order valence-electron chi connectivity index (χ4n) is 1.81. The summed E-state index contributed by atoms with van der Waals surface area (Å²) in [5.41, 5.74) is 1.90. The Kier molecular flexibility index (Phi) is 6.44. The van der Waals surface area contributed by atoms with Crippen molar-refractivity contribution in [1.82, 2.24) is 10.0 Å². The molecule has 6 heteroatoms. The van der Waals surface area contributed by atoms with Gasteiger partial charge in [0.2, 0.25) is 10.0 Å². The van der Waals surface area contributed by atoms with Gasteiger partial charge in [-0.2, -0.15) is 0 Å². The molecule has 0 heterocycles. The first kappa shape index (κ1) is 16.1. The molecule has 1 aromatic rings. The van der Waals surface area contributed by atoms with Crippen LogP contribution in [-0.4, -0.2) is 35.2 Å². The summed E-state index contributed by atoms with van der Waals surface area (Å²) < 4.78 is 31.3. The van der Waals surface area contributed by atoms with E-state index in [-0.39, 0.29) is 11.8 Å². The Balaban J connectivity index is 2.62. The van der Waals surface area contributed by atoms with Gasteiger partial charge in [-0.3, -0.25) is 0 Å². The van der Waals surface area contributed by atoms with E-state index in [1.165, 1.54) is 0 Å². The Morgan fingerprint density at radius 2 is 1.79 bits per heavy atom. The van der Waals surface area contributed by atoms with E-state index in [4.69, 9.17) is 4.74 Å². The minimum atomic E-state index is -3.33. The van der Waals surface area contributed by atoms with Crippen LogP contribution in [0.15, 0.2) is 24.3 Å². The van der Waals surface area contributed by atoms with Crippen LogP contribution < -0.4 is 10.0 Å². The van der Waals surface area contributed by atoms with E-state index in [2.05, 4.69) is 10.0 Å². The lowest BCUT2D eigenvalue weighted by molar-refractivity contribution is 0.180. The Labute approximate surface area is 115 Å². The predicted octanol–water partition coefficient (Wildman–Crippen LogP) is 0.860. The van der Waals surface area contributed by atoms with E-state index in [0.717, 1.165) is 17.7 Å².